The summed E-state index contributed by atoms with van der Waals surface area (Å²) in [7, 11) is 0. The Bertz CT molecular complexity index is 401. The van der Waals surface area contributed by atoms with Crippen molar-refractivity contribution in [2.24, 2.45) is 0 Å². The Hall–Kier alpha value is -1.02. The van der Waals surface area contributed by atoms with Gasteiger partial charge in [0.1, 0.15) is 0 Å². The van der Waals surface area contributed by atoms with Crippen LogP contribution in [0.15, 0.2) is 18.2 Å². The SMILES string of the molecule is CC1CCC(C(=O)O)c2cc(Cl)ccc21. The number of hydrogen-bond acceptors (Lipinski definition) is 1. The molecule has 2 atom stereocenters. The van der Waals surface area contributed by atoms with Crippen LogP contribution < -0.4 is 0 Å². The van der Waals surface area contributed by atoms with E-state index in [9.17, 15) is 4.79 Å². The first-order valence-electron chi connectivity index (χ1n) is 5.11. The summed E-state index contributed by atoms with van der Waals surface area (Å²) in [5.41, 5.74) is 2.03. The summed E-state index contributed by atoms with van der Waals surface area (Å²) < 4.78 is 0. The van der Waals surface area contributed by atoms with Gasteiger partial charge in [-0.2, -0.15) is 0 Å². The average Bonchev–Trinajstić information content (AvgIpc) is 2.17. The molecule has 2 unspecified atom stereocenters. The van der Waals surface area contributed by atoms with E-state index >= 15 is 0 Å². The summed E-state index contributed by atoms with van der Waals surface area (Å²) in [6, 6.07) is 5.59. The van der Waals surface area contributed by atoms with Crippen LogP contribution in [0, 0.1) is 0 Å². The molecule has 1 aliphatic rings. The molecule has 1 aromatic carbocycles. The van der Waals surface area contributed by atoms with Gasteiger partial charge in [-0.05, 0) is 42.0 Å². The quantitative estimate of drug-likeness (QED) is 0.794. The second-order valence-corrected chi connectivity index (χ2v) is 4.58. The number of aliphatic carboxylic acids is 1. The number of carboxylic acid groups (broad SMARTS) is 1. The molecule has 2 nitrogen and oxygen atoms in total. The van der Waals surface area contributed by atoms with Crippen molar-refractivity contribution < 1.29 is 9.90 Å². The van der Waals surface area contributed by atoms with E-state index in [-0.39, 0.29) is 5.92 Å². The van der Waals surface area contributed by atoms with E-state index in [1.165, 1.54) is 0 Å². The standard InChI is InChI=1S/C12H13ClO2/c1-7-2-4-10(12(14)15)11-6-8(13)3-5-9(7)11/h3,5-7,10H,2,4H2,1H3,(H,14,15). The lowest BCUT2D eigenvalue weighted by atomic mass is 9.77. The zero-order chi connectivity index (χ0) is 11.0. The Morgan fingerprint density at radius 2 is 2.13 bits per heavy atom. The van der Waals surface area contributed by atoms with Gasteiger partial charge in [-0.3, -0.25) is 4.79 Å². The van der Waals surface area contributed by atoms with E-state index < -0.39 is 5.97 Å². The fourth-order valence-electron chi connectivity index (χ4n) is 2.28. The van der Waals surface area contributed by atoms with Crippen molar-refractivity contribution in [1.29, 1.82) is 0 Å². The predicted molar refractivity (Wildman–Crippen MR) is 59.5 cm³/mol. The first-order valence-corrected chi connectivity index (χ1v) is 5.49. The molecular formula is C12H13ClO2. The molecular weight excluding hydrogens is 212 g/mol. The number of fused-ring (bicyclic) bond motifs is 1. The minimum Gasteiger partial charge on any atom is -0.481 e. The van der Waals surface area contributed by atoms with E-state index in [1.54, 1.807) is 6.07 Å². The monoisotopic (exact) mass is 224 g/mol. The van der Waals surface area contributed by atoms with E-state index in [0.29, 0.717) is 17.4 Å². The van der Waals surface area contributed by atoms with Crippen LogP contribution >= 0.6 is 11.6 Å². The lowest BCUT2D eigenvalue weighted by Gasteiger charge is -2.27. The smallest absolute Gasteiger partial charge is 0.310 e. The molecule has 15 heavy (non-hydrogen) atoms. The highest BCUT2D eigenvalue weighted by molar-refractivity contribution is 6.30. The molecule has 1 aromatic rings. The average molecular weight is 225 g/mol. The molecule has 0 fully saturated rings. The van der Waals surface area contributed by atoms with Gasteiger partial charge in [-0.1, -0.05) is 24.6 Å². The third-order valence-electron chi connectivity index (χ3n) is 3.14. The normalized spacial score (nSPS) is 24.7. The number of carboxylic acids is 1. The summed E-state index contributed by atoms with van der Waals surface area (Å²) in [6.45, 7) is 2.13. The molecule has 2 rings (SSSR count). The van der Waals surface area contributed by atoms with Gasteiger partial charge in [0.2, 0.25) is 0 Å². The molecule has 0 heterocycles. The van der Waals surface area contributed by atoms with E-state index in [0.717, 1.165) is 17.5 Å². The minimum atomic E-state index is -0.745. The van der Waals surface area contributed by atoms with Crippen molar-refractivity contribution in [3.05, 3.63) is 34.3 Å². The molecule has 0 amide bonds. The number of benzene rings is 1. The molecule has 0 bridgehead atoms. The first-order chi connectivity index (χ1) is 7.09. The highest BCUT2D eigenvalue weighted by Gasteiger charge is 2.29. The molecule has 0 aliphatic heterocycles. The Morgan fingerprint density at radius 1 is 1.40 bits per heavy atom. The van der Waals surface area contributed by atoms with Gasteiger partial charge in [-0.25, -0.2) is 0 Å². The highest BCUT2D eigenvalue weighted by Crippen LogP contribution is 2.39. The zero-order valence-corrected chi connectivity index (χ0v) is 9.29. The third-order valence-corrected chi connectivity index (χ3v) is 3.38. The first kappa shape index (κ1) is 10.5. The Labute approximate surface area is 93.9 Å². The van der Waals surface area contributed by atoms with Crippen molar-refractivity contribution in [3.63, 3.8) is 0 Å². The molecule has 0 aromatic heterocycles. The van der Waals surface area contributed by atoms with Crippen molar-refractivity contribution in [1.82, 2.24) is 0 Å². The Balaban J connectivity index is 2.51. The topological polar surface area (TPSA) is 37.3 Å². The van der Waals surface area contributed by atoms with E-state index in [1.807, 2.05) is 12.1 Å². The summed E-state index contributed by atoms with van der Waals surface area (Å²) in [5.74, 6) is -0.687. The molecule has 0 spiro atoms. The summed E-state index contributed by atoms with van der Waals surface area (Å²) in [6.07, 6.45) is 1.65. The second-order valence-electron chi connectivity index (χ2n) is 4.14. The van der Waals surface area contributed by atoms with Gasteiger partial charge in [0.15, 0.2) is 0 Å². The van der Waals surface area contributed by atoms with Crippen LogP contribution in [0.2, 0.25) is 5.02 Å². The van der Waals surface area contributed by atoms with Gasteiger partial charge >= 0.3 is 5.97 Å². The van der Waals surface area contributed by atoms with Crippen molar-refractivity contribution >= 4 is 17.6 Å². The van der Waals surface area contributed by atoms with Crippen LogP contribution in [0.3, 0.4) is 0 Å². The van der Waals surface area contributed by atoms with Gasteiger partial charge < -0.3 is 5.11 Å². The van der Waals surface area contributed by atoms with Crippen LogP contribution in [-0.4, -0.2) is 11.1 Å². The molecule has 1 aliphatic carbocycles. The van der Waals surface area contributed by atoms with Crippen molar-refractivity contribution in [2.45, 2.75) is 31.6 Å². The lowest BCUT2D eigenvalue weighted by molar-refractivity contribution is -0.139. The Kier molecular flexibility index (Phi) is 2.70. The Morgan fingerprint density at radius 3 is 2.80 bits per heavy atom. The maximum absolute atomic E-state index is 11.1. The van der Waals surface area contributed by atoms with Crippen LogP contribution in [-0.2, 0) is 4.79 Å². The highest BCUT2D eigenvalue weighted by atomic mass is 35.5. The van der Waals surface area contributed by atoms with Gasteiger partial charge in [0.05, 0.1) is 5.92 Å². The van der Waals surface area contributed by atoms with Crippen LogP contribution in [0.25, 0.3) is 0 Å². The van der Waals surface area contributed by atoms with Gasteiger partial charge in [0, 0.05) is 5.02 Å². The number of hydrogen-bond donors (Lipinski definition) is 1. The van der Waals surface area contributed by atoms with Crippen LogP contribution in [0.1, 0.15) is 42.7 Å². The molecule has 0 radical (unpaired) electrons. The van der Waals surface area contributed by atoms with Crippen LogP contribution in [0.5, 0.6) is 0 Å². The second kappa shape index (κ2) is 3.86. The number of rotatable bonds is 1. The summed E-state index contributed by atoms with van der Waals surface area (Å²) >= 11 is 5.90. The largest absolute Gasteiger partial charge is 0.481 e. The zero-order valence-electron chi connectivity index (χ0n) is 8.53. The fourth-order valence-corrected chi connectivity index (χ4v) is 2.46. The van der Waals surface area contributed by atoms with Crippen molar-refractivity contribution in [2.75, 3.05) is 0 Å². The van der Waals surface area contributed by atoms with Crippen molar-refractivity contribution in [3.8, 4) is 0 Å². The summed E-state index contributed by atoms with van der Waals surface area (Å²) in [5, 5.41) is 9.74. The fraction of sp³-hybridized carbons (Fsp3) is 0.417. The van der Waals surface area contributed by atoms with E-state index in [2.05, 4.69) is 6.92 Å². The maximum atomic E-state index is 11.1. The maximum Gasteiger partial charge on any atom is 0.310 e. The molecule has 0 saturated carbocycles. The minimum absolute atomic E-state index is 0.380. The van der Waals surface area contributed by atoms with Crippen LogP contribution in [0.4, 0.5) is 0 Å². The van der Waals surface area contributed by atoms with E-state index in [4.69, 9.17) is 16.7 Å². The lowest BCUT2D eigenvalue weighted by Crippen LogP contribution is -2.19. The summed E-state index contributed by atoms with van der Waals surface area (Å²) in [4.78, 5) is 11.1. The predicted octanol–water partition coefficient (Wildman–Crippen LogP) is 3.41. The molecule has 3 heteroatoms. The number of carbonyl (C=O) groups is 1. The third kappa shape index (κ3) is 1.86. The number of halogens is 1. The molecule has 0 saturated heterocycles. The molecule has 1 N–H and O–H groups in total. The van der Waals surface area contributed by atoms with Gasteiger partial charge in [0.25, 0.3) is 0 Å². The molecule has 80 valence electrons. The van der Waals surface area contributed by atoms with Gasteiger partial charge in [-0.15, -0.1) is 0 Å².